The summed E-state index contributed by atoms with van der Waals surface area (Å²) in [5, 5.41) is 3.03. The van der Waals surface area contributed by atoms with Crippen LogP contribution < -0.4 is 5.32 Å². The summed E-state index contributed by atoms with van der Waals surface area (Å²) < 4.78 is 24.3. The van der Waals surface area contributed by atoms with E-state index in [1.807, 2.05) is 13.8 Å². The van der Waals surface area contributed by atoms with Gasteiger partial charge in [-0.1, -0.05) is 12.1 Å². The number of morpholine rings is 1. The molecule has 1 amide bonds. The molecule has 1 saturated heterocycles. The van der Waals surface area contributed by atoms with Crippen LogP contribution in [-0.2, 0) is 4.74 Å². The van der Waals surface area contributed by atoms with Gasteiger partial charge in [0.05, 0.1) is 24.8 Å². The third-order valence-electron chi connectivity index (χ3n) is 4.99. The molecule has 26 heavy (non-hydrogen) atoms. The molecule has 0 spiro atoms. The summed E-state index contributed by atoms with van der Waals surface area (Å²) in [7, 11) is 0. The lowest BCUT2D eigenvalue weighted by Crippen LogP contribution is -2.43. The van der Waals surface area contributed by atoms with Gasteiger partial charge < -0.3 is 14.5 Å². The summed E-state index contributed by atoms with van der Waals surface area (Å²) in [6, 6.07) is 6.44. The molecule has 0 bridgehead atoms. The van der Waals surface area contributed by atoms with Crippen molar-refractivity contribution < 1.29 is 18.3 Å². The molecule has 140 valence electrons. The first-order valence-electron chi connectivity index (χ1n) is 8.89. The topological polar surface area (TPSA) is 54.7 Å². The van der Waals surface area contributed by atoms with Gasteiger partial charge in [0.1, 0.15) is 17.3 Å². The molecular weight excluding hydrogens is 335 g/mol. The van der Waals surface area contributed by atoms with Crippen molar-refractivity contribution in [3.05, 3.63) is 58.3 Å². The second-order valence-electron chi connectivity index (χ2n) is 6.64. The molecule has 0 aliphatic carbocycles. The highest BCUT2D eigenvalue weighted by Gasteiger charge is 2.25. The fraction of sp³-hybridized carbons (Fsp3) is 0.450. The Hall–Kier alpha value is -2.18. The van der Waals surface area contributed by atoms with Gasteiger partial charge in [0, 0.05) is 25.2 Å². The minimum Gasteiger partial charge on any atom is -0.466 e. The molecule has 1 fully saturated rings. The fourth-order valence-electron chi connectivity index (χ4n) is 3.44. The number of aryl methyl sites for hydroxylation is 2. The van der Waals surface area contributed by atoms with E-state index < -0.39 is 0 Å². The van der Waals surface area contributed by atoms with Gasteiger partial charge in [0.15, 0.2) is 0 Å². The number of carbonyl (C=O) groups excluding carboxylic acids is 1. The SMILES string of the molecule is Cc1oc(C)c(C(=O)NCC(c2ccc(F)cc2)N2CCOCC2)c1C. The highest BCUT2D eigenvalue weighted by atomic mass is 19.1. The molecule has 0 saturated carbocycles. The molecular formula is C20H25FN2O3. The van der Waals surface area contributed by atoms with Crippen LogP contribution in [-0.4, -0.2) is 43.7 Å². The Kier molecular flexibility index (Phi) is 5.74. The fourth-order valence-corrected chi connectivity index (χ4v) is 3.44. The summed E-state index contributed by atoms with van der Waals surface area (Å²) in [5.41, 5.74) is 2.44. The van der Waals surface area contributed by atoms with Gasteiger partial charge in [-0.05, 0) is 38.5 Å². The molecule has 1 unspecified atom stereocenters. The Balaban J connectivity index is 1.77. The Bertz CT molecular complexity index is 764. The number of benzene rings is 1. The zero-order valence-electron chi connectivity index (χ0n) is 15.5. The Morgan fingerprint density at radius 2 is 1.81 bits per heavy atom. The van der Waals surface area contributed by atoms with Crippen LogP contribution >= 0.6 is 0 Å². The third kappa shape index (κ3) is 3.97. The zero-order valence-corrected chi connectivity index (χ0v) is 15.5. The van der Waals surface area contributed by atoms with E-state index in [-0.39, 0.29) is 17.8 Å². The Morgan fingerprint density at radius 3 is 2.38 bits per heavy atom. The highest BCUT2D eigenvalue weighted by Crippen LogP contribution is 2.23. The summed E-state index contributed by atoms with van der Waals surface area (Å²) in [6.45, 7) is 8.85. The summed E-state index contributed by atoms with van der Waals surface area (Å²) in [6.07, 6.45) is 0. The molecule has 2 aromatic rings. The van der Waals surface area contributed by atoms with Crippen LogP contribution in [0.4, 0.5) is 4.39 Å². The minimum atomic E-state index is -0.265. The van der Waals surface area contributed by atoms with Crippen LogP contribution in [0.1, 0.15) is 39.0 Å². The molecule has 1 N–H and O–H groups in total. The van der Waals surface area contributed by atoms with Gasteiger partial charge in [-0.2, -0.15) is 0 Å². The van der Waals surface area contributed by atoms with Crippen LogP contribution in [0.25, 0.3) is 0 Å². The standard InChI is InChI=1S/C20H25FN2O3/c1-13-14(2)26-15(3)19(13)20(24)22-12-18(23-8-10-25-11-9-23)16-4-6-17(21)7-5-16/h4-7,18H,8-12H2,1-3H3,(H,22,24). The molecule has 2 heterocycles. The van der Waals surface area contributed by atoms with E-state index in [4.69, 9.17) is 9.15 Å². The smallest absolute Gasteiger partial charge is 0.255 e. The quantitative estimate of drug-likeness (QED) is 0.890. The van der Waals surface area contributed by atoms with E-state index >= 15 is 0 Å². The maximum Gasteiger partial charge on any atom is 0.255 e. The van der Waals surface area contributed by atoms with Gasteiger partial charge in [0.2, 0.25) is 0 Å². The highest BCUT2D eigenvalue weighted by molar-refractivity contribution is 5.96. The van der Waals surface area contributed by atoms with E-state index in [0.717, 1.165) is 30.0 Å². The summed E-state index contributed by atoms with van der Waals surface area (Å²) >= 11 is 0. The molecule has 1 atom stereocenters. The number of hydrogen-bond acceptors (Lipinski definition) is 4. The average Bonchev–Trinajstić information content (AvgIpc) is 2.89. The number of rotatable bonds is 5. The van der Waals surface area contributed by atoms with Crippen molar-refractivity contribution >= 4 is 5.91 Å². The average molecular weight is 360 g/mol. The monoisotopic (exact) mass is 360 g/mol. The van der Waals surface area contributed by atoms with Crippen molar-refractivity contribution in [3.8, 4) is 0 Å². The molecule has 5 nitrogen and oxygen atoms in total. The van der Waals surface area contributed by atoms with Crippen LogP contribution in [0, 0.1) is 26.6 Å². The van der Waals surface area contributed by atoms with Gasteiger partial charge in [-0.25, -0.2) is 4.39 Å². The maximum atomic E-state index is 13.3. The number of amides is 1. The van der Waals surface area contributed by atoms with Crippen molar-refractivity contribution in [1.82, 2.24) is 10.2 Å². The summed E-state index contributed by atoms with van der Waals surface area (Å²) in [4.78, 5) is 15.0. The van der Waals surface area contributed by atoms with E-state index in [1.54, 1.807) is 19.1 Å². The van der Waals surface area contributed by atoms with E-state index in [0.29, 0.717) is 31.1 Å². The first-order chi connectivity index (χ1) is 12.5. The lowest BCUT2D eigenvalue weighted by Gasteiger charge is -2.35. The molecule has 1 aliphatic rings. The van der Waals surface area contributed by atoms with Gasteiger partial charge in [-0.3, -0.25) is 9.69 Å². The predicted octanol–water partition coefficient (Wildman–Crippen LogP) is 3.15. The predicted molar refractivity (Wildman–Crippen MR) is 96.8 cm³/mol. The third-order valence-corrected chi connectivity index (χ3v) is 4.99. The molecule has 3 rings (SSSR count). The number of nitrogens with zero attached hydrogens (tertiary/aromatic N) is 1. The largest absolute Gasteiger partial charge is 0.466 e. The molecule has 1 aromatic carbocycles. The molecule has 0 radical (unpaired) electrons. The summed E-state index contributed by atoms with van der Waals surface area (Å²) in [5.74, 6) is 0.981. The van der Waals surface area contributed by atoms with Gasteiger partial charge >= 0.3 is 0 Å². The number of hydrogen-bond donors (Lipinski definition) is 1. The Morgan fingerprint density at radius 1 is 1.15 bits per heavy atom. The first kappa shape index (κ1) is 18.6. The van der Waals surface area contributed by atoms with Crippen LogP contribution in [0.5, 0.6) is 0 Å². The van der Waals surface area contributed by atoms with Crippen molar-refractivity contribution in [3.63, 3.8) is 0 Å². The number of nitrogens with one attached hydrogen (secondary N) is 1. The van der Waals surface area contributed by atoms with Crippen molar-refractivity contribution in [2.75, 3.05) is 32.8 Å². The molecule has 1 aliphatic heterocycles. The second-order valence-corrected chi connectivity index (χ2v) is 6.64. The molecule has 1 aromatic heterocycles. The first-order valence-corrected chi connectivity index (χ1v) is 8.89. The van der Waals surface area contributed by atoms with E-state index in [2.05, 4.69) is 10.2 Å². The zero-order chi connectivity index (χ0) is 18.7. The Labute approximate surface area is 153 Å². The van der Waals surface area contributed by atoms with Crippen molar-refractivity contribution in [2.24, 2.45) is 0 Å². The van der Waals surface area contributed by atoms with Crippen LogP contribution in [0.2, 0.25) is 0 Å². The lowest BCUT2D eigenvalue weighted by atomic mass is 10.0. The normalized spacial score (nSPS) is 16.5. The van der Waals surface area contributed by atoms with Gasteiger partial charge in [0.25, 0.3) is 5.91 Å². The number of carbonyl (C=O) groups is 1. The number of halogens is 1. The second kappa shape index (κ2) is 8.01. The minimum absolute atomic E-state index is 0.0305. The van der Waals surface area contributed by atoms with Crippen molar-refractivity contribution in [2.45, 2.75) is 26.8 Å². The van der Waals surface area contributed by atoms with Crippen molar-refractivity contribution in [1.29, 1.82) is 0 Å². The van der Waals surface area contributed by atoms with Gasteiger partial charge in [-0.15, -0.1) is 0 Å². The number of ether oxygens (including phenoxy) is 1. The lowest BCUT2D eigenvalue weighted by molar-refractivity contribution is 0.0162. The maximum absolute atomic E-state index is 13.3. The van der Waals surface area contributed by atoms with Crippen LogP contribution in [0.3, 0.4) is 0 Å². The molecule has 6 heteroatoms. The van der Waals surface area contributed by atoms with E-state index in [1.165, 1.54) is 12.1 Å². The number of furan rings is 1. The van der Waals surface area contributed by atoms with E-state index in [9.17, 15) is 9.18 Å². The van der Waals surface area contributed by atoms with Crippen LogP contribution in [0.15, 0.2) is 28.7 Å².